The molecule has 0 bridgehead atoms. The highest BCUT2D eigenvalue weighted by atomic mass is 32.2. The molecule has 0 amide bonds. The van der Waals surface area contributed by atoms with E-state index in [4.69, 9.17) is 4.42 Å². The van der Waals surface area contributed by atoms with Crippen molar-refractivity contribution in [3.05, 3.63) is 17.6 Å². The number of nitrogens with zero attached hydrogens (tertiary/aromatic N) is 1. The van der Waals surface area contributed by atoms with Gasteiger partial charge in [0.25, 0.3) is 0 Å². The first-order valence-corrected chi connectivity index (χ1v) is 8.63. The van der Waals surface area contributed by atoms with E-state index in [1.807, 2.05) is 20.9 Å². The molecule has 0 aromatic carbocycles. The monoisotopic (exact) mass is 300 g/mol. The third-order valence-electron chi connectivity index (χ3n) is 4.01. The van der Waals surface area contributed by atoms with E-state index in [-0.39, 0.29) is 12.1 Å². The molecule has 2 heterocycles. The fourth-order valence-electron chi connectivity index (χ4n) is 3.02. The Morgan fingerprint density at radius 3 is 2.75 bits per heavy atom. The molecule has 2 unspecified atom stereocenters. The molecule has 1 aliphatic heterocycles. The molecule has 1 saturated heterocycles. The average molecular weight is 300 g/mol. The fourth-order valence-corrected chi connectivity index (χ4v) is 5.16. The van der Waals surface area contributed by atoms with Crippen molar-refractivity contribution in [1.29, 1.82) is 0 Å². The predicted molar refractivity (Wildman–Crippen MR) is 78.0 cm³/mol. The van der Waals surface area contributed by atoms with E-state index >= 15 is 0 Å². The summed E-state index contributed by atoms with van der Waals surface area (Å²) in [5.74, 6) is 1.13. The summed E-state index contributed by atoms with van der Waals surface area (Å²) in [4.78, 5) is 0.315. The molecule has 0 aliphatic carbocycles. The Bertz CT molecular complexity index is 565. The molecule has 2 rings (SSSR count). The van der Waals surface area contributed by atoms with E-state index in [1.54, 1.807) is 17.3 Å². The Labute approximate surface area is 121 Å². The van der Waals surface area contributed by atoms with Gasteiger partial charge in [-0.3, -0.25) is 0 Å². The standard InChI is InChI=1S/C14H24N2O3S/c1-5-12-7-6-10(2)16(12)20(17,18)14-8-13(9-15-4)19-11(14)3/h8,10,12,15H,5-7,9H2,1-4H3. The van der Waals surface area contributed by atoms with Gasteiger partial charge in [-0.1, -0.05) is 6.92 Å². The maximum atomic E-state index is 12.9. The molecule has 1 aromatic rings. The van der Waals surface area contributed by atoms with Crippen molar-refractivity contribution < 1.29 is 12.8 Å². The van der Waals surface area contributed by atoms with Gasteiger partial charge in [-0.05, 0) is 40.2 Å². The van der Waals surface area contributed by atoms with Crippen LogP contribution in [-0.2, 0) is 16.6 Å². The molecule has 0 saturated carbocycles. The summed E-state index contributed by atoms with van der Waals surface area (Å²) in [6, 6.07) is 1.82. The Hall–Kier alpha value is -0.850. The zero-order chi connectivity index (χ0) is 14.9. The molecule has 1 N–H and O–H groups in total. The van der Waals surface area contributed by atoms with Crippen LogP contribution in [0.25, 0.3) is 0 Å². The number of rotatable bonds is 5. The maximum absolute atomic E-state index is 12.9. The summed E-state index contributed by atoms with van der Waals surface area (Å²) >= 11 is 0. The van der Waals surface area contributed by atoms with E-state index in [1.165, 1.54) is 0 Å². The number of hydrogen-bond acceptors (Lipinski definition) is 4. The third-order valence-corrected chi connectivity index (χ3v) is 6.19. The van der Waals surface area contributed by atoms with Gasteiger partial charge in [0.15, 0.2) is 0 Å². The minimum Gasteiger partial charge on any atom is -0.464 e. The van der Waals surface area contributed by atoms with Gasteiger partial charge in [0.05, 0.1) is 6.54 Å². The van der Waals surface area contributed by atoms with Gasteiger partial charge in [-0.15, -0.1) is 0 Å². The molecular formula is C14H24N2O3S. The van der Waals surface area contributed by atoms with Crippen LogP contribution in [0, 0.1) is 6.92 Å². The summed E-state index contributed by atoms with van der Waals surface area (Å²) < 4.78 is 33.0. The van der Waals surface area contributed by atoms with Crippen LogP contribution in [0.3, 0.4) is 0 Å². The lowest BCUT2D eigenvalue weighted by Gasteiger charge is -2.26. The van der Waals surface area contributed by atoms with Crippen molar-refractivity contribution >= 4 is 10.0 Å². The lowest BCUT2D eigenvalue weighted by molar-refractivity contribution is 0.328. The molecule has 1 fully saturated rings. The lowest BCUT2D eigenvalue weighted by atomic mass is 10.2. The highest BCUT2D eigenvalue weighted by Gasteiger charge is 2.40. The Kier molecular flexibility index (Phi) is 4.56. The second kappa shape index (κ2) is 5.87. The minimum absolute atomic E-state index is 0.0620. The molecule has 0 radical (unpaired) electrons. The van der Waals surface area contributed by atoms with Crippen molar-refractivity contribution in [2.75, 3.05) is 7.05 Å². The molecule has 1 aromatic heterocycles. The quantitative estimate of drug-likeness (QED) is 0.906. The first kappa shape index (κ1) is 15.5. The van der Waals surface area contributed by atoms with Gasteiger partial charge in [-0.2, -0.15) is 4.31 Å². The molecule has 1 aliphatic rings. The summed E-state index contributed by atoms with van der Waals surface area (Å²) in [5.41, 5.74) is 0. The normalized spacial score (nSPS) is 24.4. The van der Waals surface area contributed by atoms with Gasteiger partial charge >= 0.3 is 0 Å². The molecule has 2 atom stereocenters. The van der Waals surface area contributed by atoms with E-state index in [9.17, 15) is 8.42 Å². The van der Waals surface area contributed by atoms with E-state index in [0.717, 1.165) is 19.3 Å². The summed E-state index contributed by atoms with van der Waals surface area (Å²) in [6.45, 7) is 6.27. The van der Waals surface area contributed by atoms with Crippen molar-refractivity contribution in [3.63, 3.8) is 0 Å². The predicted octanol–water partition coefficient (Wildman–Crippen LogP) is 2.26. The van der Waals surface area contributed by atoms with Crippen molar-refractivity contribution in [2.24, 2.45) is 0 Å². The highest BCUT2D eigenvalue weighted by molar-refractivity contribution is 7.89. The molecular weight excluding hydrogens is 276 g/mol. The van der Waals surface area contributed by atoms with E-state index in [2.05, 4.69) is 5.32 Å². The Morgan fingerprint density at radius 2 is 2.15 bits per heavy atom. The average Bonchev–Trinajstić information content (AvgIpc) is 2.93. The largest absolute Gasteiger partial charge is 0.464 e. The molecule has 20 heavy (non-hydrogen) atoms. The van der Waals surface area contributed by atoms with Gasteiger partial charge < -0.3 is 9.73 Å². The van der Waals surface area contributed by atoms with Crippen LogP contribution in [0.2, 0.25) is 0 Å². The Balaban J connectivity index is 2.39. The van der Waals surface area contributed by atoms with Crippen molar-refractivity contribution in [2.45, 2.75) is 63.6 Å². The van der Waals surface area contributed by atoms with Gasteiger partial charge in [0, 0.05) is 18.2 Å². The number of sulfonamides is 1. The number of aryl methyl sites for hydroxylation is 1. The van der Waals surface area contributed by atoms with Crippen LogP contribution >= 0.6 is 0 Å². The molecule has 6 heteroatoms. The summed E-state index contributed by atoms with van der Waals surface area (Å²) in [6.07, 6.45) is 2.72. The zero-order valence-corrected chi connectivity index (χ0v) is 13.5. The van der Waals surface area contributed by atoms with Crippen LogP contribution in [0.4, 0.5) is 0 Å². The molecule has 5 nitrogen and oxygen atoms in total. The minimum atomic E-state index is -3.47. The number of nitrogens with one attached hydrogen (secondary N) is 1. The Morgan fingerprint density at radius 1 is 1.45 bits per heavy atom. The third kappa shape index (κ3) is 2.64. The van der Waals surface area contributed by atoms with Gasteiger partial charge in [0.1, 0.15) is 16.4 Å². The maximum Gasteiger partial charge on any atom is 0.247 e. The van der Waals surface area contributed by atoms with Crippen LogP contribution < -0.4 is 5.32 Å². The van der Waals surface area contributed by atoms with Crippen LogP contribution in [0.1, 0.15) is 44.6 Å². The first-order valence-electron chi connectivity index (χ1n) is 7.19. The van der Waals surface area contributed by atoms with E-state index in [0.29, 0.717) is 23.0 Å². The second-order valence-corrected chi connectivity index (χ2v) is 7.30. The summed E-state index contributed by atoms with van der Waals surface area (Å²) in [5, 5.41) is 2.97. The van der Waals surface area contributed by atoms with Gasteiger partial charge in [-0.25, -0.2) is 8.42 Å². The van der Waals surface area contributed by atoms with E-state index < -0.39 is 10.0 Å². The topological polar surface area (TPSA) is 62.6 Å². The van der Waals surface area contributed by atoms with Crippen LogP contribution in [0.15, 0.2) is 15.4 Å². The number of hydrogen-bond donors (Lipinski definition) is 1. The number of furan rings is 1. The second-order valence-electron chi connectivity index (χ2n) is 5.49. The summed E-state index contributed by atoms with van der Waals surface area (Å²) in [7, 11) is -1.66. The SMILES string of the molecule is CCC1CCC(C)N1S(=O)(=O)c1cc(CNC)oc1C. The lowest BCUT2D eigenvalue weighted by Crippen LogP contribution is -2.39. The first-order chi connectivity index (χ1) is 9.41. The fraction of sp³-hybridized carbons (Fsp3) is 0.714. The smallest absolute Gasteiger partial charge is 0.247 e. The highest BCUT2D eigenvalue weighted by Crippen LogP contribution is 2.34. The molecule has 114 valence electrons. The van der Waals surface area contributed by atoms with Crippen LogP contribution in [0.5, 0.6) is 0 Å². The van der Waals surface area contributed by atoms with Crippen molar-refractivity contribution in [3.8, 4) is 0 Å². The van der Waals surface area contributed by atoms with Crippen LogP contribution in [-0.4, -0.2) is 31.9 Å². The zero-order valence-electron chi connectivity index (χ0n) is 12.6. The van der Waals surface area contributed by atoms with Gasteiger partial charge in [0.2, 0.25) is 10.0 Å². The van der Waals surface area contributed by atoms with Crippen molar-refractivity contribution in [1.82, 2.24) is 9.62 Å². The molecule has 0 spiro atoms.